The van der Waals surface area contributed by atoms with Crippen LogP contribution in [0.2, 0.25) is 0 Å². The van der Waals surface area contributed by atoms with Crippen LogP contribution in [0.25, 0.3) is 0 Å². The second-order valence-electron chi connectivity index (χ2n) is 4.85. The van der Waals surface area contributed by atoms with Crippen LogP contribution < -0.4 is 5.32 Å². The molecule has 0 fully saturated rings. The molecule has 0 aliphatic carbocycles. The Morgan fingerprint density at radius 3 is 2.43 bits per heavy atom. The van der Waals surface area contributed by atoms with E-state index < -0.39 is 0 Å². The van der Waals surface area contributed by atoms with Gasteiger partial charge in [0.05, 0.1) is 12.7 Å². The third-order valence-corrected chi connectivity index (χ3v) is 2.31. The van der Waals surface area contributed by atoms with Crippen molar-refractivity contribution in [1.82, 2.24) is 5.32 Å². The largest absolute Gasteiger partial charge is 0.378 e. The zero-order chi connectivity index (χ0) is 11.0. The van der Waals surface area contributed by atoms with Gasteiger partial charge in [-0.25, -0.2) is 0 Å². The first-order chi connectivity index (χ1) is 6.52. The highest BCUT2D eigenvalue weighted by atomic mass is 16.5. The average molecular weight is 201 g/mol. The number of nitrogens with one attached hydrogen (secondary N) is 1. The quantitative estimate of drug-likeness (QED) is 0.652. The fraction of sp³-hybridized carbons (Fsp3) is 1.00. The van der Waals surface area contributed by atoms with E-state index in [0.29, 0.717) is 6.10 Å². The summed E-state index contributed by atoms with van der Waals surface area (Å²) in [7, 11) is 0. The molecule has 0 saturated carbocycles. The van der Waals surface area contributed by atoms with Gasteiger partial charge in [-0.1, -0.05) is 34.1 Å². The molecule has 0 spiro atoms. The predicted octanol–water partition coefficient (Wildman–Crippen LogP) is 2.83. The Labute approximate surface area is 89.4 Å². The summed E-state index contributed by atoms with van der Waals surface area (Å²) < 4.78 is 5.80. The molecule has 1 atom stereocenters. The van der Waals surface area contributed by atoms with Crippen LogP contribution in [0, 0.1) is 5.41 Å². The molecule has 1 unspecified atom stereocenters. The molecule has 1 N–H and O–H groups in total. The van der Waals surface area contributed by atoms with Crippen LogP contribution >= 0.6 is 0 Å². The minimum Gasteiger partial charge on any atom is -0.378 e. The van der Waals surface area contributed by atoms with Gasteiger partial charge in [0, 0.05) is 12.0 Å². The Morgan fingerprint density at radius 2 is 1.93 bits per heavy atom. The molecule has 0 heterocycles. The zero-order valence-electron chi connectivity index (χ0n) is 10.5. The van der Waals surface area contributed by atoms with Crippen LogP contribution in [0.15, 0.2) is 0 Å². The normalized spacial score (nSPS) is 14.4. The molecular formula is C12H27NO. The third kappa shape index (κ3) is 7.34. The summed E-state index contributed by atoms with van der Waals surface area (Å²) in [6.45, 7) is 13.9. The van der Waals surface area contributed by atoms with Crippen molar-refractivity contribution in [3.05, 3.63) is 0 Å². The van der Waals surface area contributed by atoms with Gasteiger partial charge in [0.2, 0.25) is 0 Å². The van der Waals surface area contributed by atoms with Gasteiger partial charge in [-0.05, 0) is 19.9 Å². The molecule has 0 radical (unpaired) electrons. The van der Waals surface area contributed by atoms with E-state index >= 15 is 0 Å². The van der Waals surface area contributed by atoms with Crippen LogP contribution in [0.1, 0.15) is 47.5 Å². The van der Waals surface area contributed by atoms with Gasteiger partial charge < -0.3 is 10.1 Å². The number of hydrogen-bond donors (Lipinski definition) is 1. The fourth-order valence-electron chi connectivity index (χ4n) is 1.37. The van der Waals surface area contributed by atoms with Gasteiger partial charge in [-0.2, -0.15) is 0 Å². The number of hydrogen-bond acceptors (Lipinski definition) is 2. The summed E-state index contributed by atoms with van der Waals surface area (Å²) in [5, 5.41) is 3.36. The molecule has 0 saturated heterocycles. The summed E-state index contributed by atoms with van der Waals surface area (Å²) in [5.41, 5.74) is 0.248. The smallest absolute Gasteiger partial charge is 0.0547 e. The lowest BCUT2D eigenvalue weighted by molar-refractivity contribution is 0.00841. The van der Waals surface area contributed by atoms with E-state index in [1.165, 1.54) is 6.42 Å². The van der Waals surface area contributed by atoms with E-state index in [1.807, 2.05) is 0 Å². The minimum absolute atomic E-state index is 0.248. The highest BCUT2D eigenvalue weighted by Gasteiger charge is 2.18. The highest BCUT2D eigenvalue weighted by molar-refractivity contribution is 4.71. The van der Waals surface area contributed by atoms with Crippen molar-refractivity contribution in [3.8, 4) is 0 Å². The van der Waals surface area contributed by atoms with E-state index in [-0.39, 0.29) is 5.41 Å². The molecule has 0 aliphatic heterocycles. The molecule has 14 heavy (non-hydrogen) atoms. The van der Waals surface area contributed by atoms with Crippen molar-refractivity contribution >= 4 is 0 Å². The van der Waals surface area contributed by atoms with Crippen molar-refractivity contribution < 1.29 is 4.74 Å². The second-order valence-corrected chi connectivity index (χ2v) is 4.85. The Balaban J connectivity index is 3.63. The Bertz CT molecular complexity index is 134. The number of ether oxygens (including phenoxy) is 1. The molecule has 0 rings (SSSR count). The second kappa shape index (κ2) is 7.24. The van der Waals surface area contributed by atoms with Gasteiger partial charge in [0.15, 0.2) is 0 Å². The first-order valence-corrected chi connectivity index (χ1v) is 5.84. The lowest BCUT2D eigenvalue weighted by Gasteiger charge is -2.26. The van der Waals surface area contributed by atoms with Gasteiger partial charge >= 0.3 is 0 Å². The van der Waals surface area contributed by atoms with Crippen LogP contribution in [-0.2, 0) is 4.74 Å². The Kier molecular flexibility index (Phi) is 7.20. The van der Waals surface area contributed by atoms with Crippen molar-refractivity contribution in [3.63, 3.8) is 0 Å². The predicted molar refractivity (Wildman–Crippen MR) is 62.6 cm³/mol. The Morgan fingerprint density at radius 1 is 1.29 bits per heavy atom. The van der Waals surface area contributed by atoms with Crippen molar-refractivity contribution in [2.45, 2.75) is 53.6 Å². The molecular weight excluding hydrogens is 174 g/mol. The molecule has 0 bridgehead atoms. The maximum atomic E-state index is 5.80. The summed E-state index contributed by atoms with van der Waals surface area (Å²) in [4.78, 5) is 0. The molecule has 0 aromatic carbocycles. The monoisotopic (exact) mass is 201 g/mol. The van der Waals surface area contributed by atoms with Gasteiger partial charge in [-0.3, -0.25) is 0 Å². The van der Waals surface area contributed by atoms with E-state index in [2.05, 4.69) is 39.9 Å². The zero-order valence-corrected chi connectivity index (χ0v) is 10.5. The van der Waals surface area contributed by atoms with Gasteiger partial charge in [-0.15, -0.1) is 0 Å². The minimum atomic E-state index is 0.248. The first kappa shape index (κ1) is 13.9. The summed E-state index contributed by atoms with van der Waals surface area (Å²) in [5.74, 6) is 0. The fourth-order valence-corrected chi connectivity index (χ4v) is 1.37. The SMILES string of the molecule is CCCC(C)OCC(C)(C)CNCC. The van der Waals surface area contributed by atoms with Gasteiger partial charge in [0.25, 0.3) is 0 Å². The van der Waals surface area contributed by atoms with Crippen molar-refractivity contribution in [2.75, 3.05) is 19.7 Å². The lowest BCUT2D eigenvalue weighted by atomic mass is 9.95. The summed E-state index contributed by atoms with van der Waals surface area (Å²) in [6, 6.07) is 0. The maximum Gasteiger partial charge on any atom is 0.0547 e. The first-order valence-electron chi connectivity index (χ1n) is 5.84. The van der Waals surface area contributed by atoms with Crippen LogP contribution in [0.4, 0.5) is 0 Å². The van der Waals surface area contributed by atoms with E-state index in [1.54, 1.807) is 0 Å². The molecule has 0 aromatic rings. The summed E-state index contributed by atoms with van der Waals surface area (Å²) in [6.07, 6.45) is 2.77. The van der Waals surface area contributed by atoms with Crippen LogP contribution in [0.5, 0.6) is 0 Å². The van der Waals surface area contributed by atoms with Crippen LogP contribution in [0.3, 0.4) is 0 Å². The lowest BCUT2D eigenvalue weighted by Crippen LogP contribution is -2.34. The topological polar surface area (TPSA) is 21.3 Å². The highest BCUT2D eigenvalue weighted by Crippen LogP contribution is 2.15. The maximum absolute atomic E-state index is 5.80. The summed E-state index contributed by atoms with van der Waals surface area (Å²) >= 11 is 0. The Hall–Kier alpha value is -0.0800. The molecule has 86 valence electrons. The molecule has 2 heteroatoms. The van der Waals surface area contributed by atoms with Crippen molar-refractivity contribution in [1.29, 1.82) is 0 Å². The number of rotatable bonds is 8. The van der Waals surface area contributed by atoms with E-state index in [0.717, 1.165) is 26.1 Å². The van der Waals surface area contributed by atoms with Crippen LogP contribution in [-0.4, -0.2) is 25.8 Å². The third-order valence-electron chi connectivity index (χ3n) is 2.31. The standard InChI is InChI=1S/C12H27NO/c1-6-8-11(3)14-10-12(4,5)9-13-7-2/h11,13H,6-10H2,1-5H3. The van der Waals surface area contributed by atoms with Gasteiger partial charge in [0.1, 0.15) is 0 Å². The molecule has 2 nitrogen and oxygen atoms in total. The molecule has 0 aliphatic rings. The molecule has 0 amide bonds. The van der Waals surface area contributed by atoms with Crippen molar-refractivity contribution in [2.24, 2.45) is 5.41 Å². The molecule has 0 aromatic heterocycles. The average Bonchev–Trinajstić information content (AvgIpc) is 2.13. The van der Waals surface area contributed by atoms with E-state index in [4.69, 9.17) is 4.74 Å². The van der Waals surface area contributed by atoms with E-state index in [9.17, 15) is 0 Å².